The fraction of sp³-hybridized carbons (Fsp3) is 0.478. The van der Waals surface area contributed by atoms with Crippen molar-refractivity contribution in [3.8, 4) is 5.75 Å². The number of hydrogen-bond acceptors (Lipinski definition) is 4. The van der Waals surface area contributed by atoms with E-state index in [2.05, 4.69) is 4.90 Å². The molecule has 0 spiro atoms. The molecule has 0 bridgehead atoms. The summed E-state index contributed by atoms with van der Waals surface area (Å²) in [7, 11) is 0. The van der Waals surface area contributed by atoms with Crippen molar-refractivity contribution in [3.63, 3.8) is 0 Å². The van der Waals surface area contributed by atoms with Crippen molar-refractivity contribution in [2.24, 2.45) is 0 Å². The van der Waals surface area contributed by atoms with Crippen LogP contribution in [0.3, 0.4) is 0 Å². The highest BCUT2D eigenvalue weighted by Crippen LogP contribution is 2.22. The molecule has 1 saturated heterocycles. The first-order valence-electron chi connectivity index (χ1n) is 10.3. The molecule has 6 heteroatoms. The van der Waals surface area contributed by atoms with Crippen LogP contribution in [0.1, 0.15) is 11.1 Å². The van der Waals surface area contributed by atoms with Gasteiger partial charge in [-0.1, -0.05) is 18.2 Å². The van der Waals surface area contributed by atoms with Gasteiger partial charge in [-0.05, 0) is 49.2 Å². The fourth-order valence-corrected chi connectivity index (χ4v) is 3.78. The van der Waals surface area contributed by atoms with Crippen molar-refractivity contribution < 1.29 is 23.9 Å². The monoisotopic (exact) mass is 403 g/mol. The summed E-state index contributed by atoms with van der Waals surface area (Å²) < 4.78 is 24.5. The topological polar surface area (TPSA) is 46.4 Å². The van der Waals surface area contributed by atoms with Crippen molar-refractivity contribution in [3.05, 3.63) is 59.4 Å². The van der Waals surface area contributed by atoms with Gasteiger partial charge in [0.15, 0.2) is 0 Å². The van der Waals surface area contributed by atoms with E-state index in [0.717, 1.165) is 48.7 Å². The van der Waals surface area contributed by atoms with E-state index >= 15 is 0 Å². The predicted octanol–water partition coefficient (Wildman–Crippen LogP) is 1.60. The lowest BCUT2D eigenvalue weighted by Crippen LogP contribution is -3.16. The minimum Gasteiger partial charge on any atom is -0.491 e. The smallest absolute Gasteiger partial charge is 0.126 e. The van der Waals surface area contributed by atoms with Gasteiger partial charge in [-0.25, -0.2) is 4.39 Å². The zero-order valence-electron chi connectivity index (χ0n) is 17.4. The number of nitrogens with zero attached hydrogens (tertiary/aromatic N) is 1. The molecule has 3 rings (SSSR count). The van der Waals surface area contributed by atoms with E-state index < -0.39 is 6.10 Å². The molecule has 1 aliphatic rings. The van der Waals surface area contributed by atoms with Crippen LogP contribution >= 0.6 is 0 Å². The average Bonchev–Trinajstić information content (AvgIpc) is 2.71. The summed E-state index contributed by atoms with van der Waals surface area (Å²) in [5.41, 5.74) is 3.29. The maximum absolute atomic E-state index is 13.1. The number of ether oxygens (including phenoxy) is 2. The van der Waals surface area contributed by atoms with Crippen LogP contribution < -0.4 is 14.5 Å². The van der Waals surface area contributed by atoms with Gasteiger partial charge < -0.3 is 24.4 Å². The molecular weight excluding hydrogens is 371 g/mol. The Morgan fingerprint density at radius 2 is 1.69 bits per heavy atom. The van der Waals surface area contributed by atoms with Gasteiger partial charge in [-0.2, -0.15) is 0 Å². The van der Waals surface area contributed by atoms with Crippen LogP contribution in [-0.2, 0) is 4.74 Å². The Kier molecular flexibility index (Phi) is 7.86. The van der Waals surface area contributed by atoms with Crippen LogP contribution in [0.5, 0.6) is 5.75 Å². The summed E-state index contributed by atoms with van der Waals surface area (Å²) in [6.45, 7) is 9.69. The molecule has 0 radical (unpaired) electrons. The van der Waals surface area contributed by atoms with Gasteiger partial charge in [0.05, 0.1) is 39.4 Å². The first-order valence-corrected chi connectivity index (χ1v) is 10.3. The molecule has 2 aromatic carbocycles. The zero-order valence-corrected chi connectivity index (χ0v) is 17.4. The Morgan fingerprint density at radius 3 is 2.34 bits per heavy atom. The Balaban J connectivity index is 1.30. The number of piperazine rings is 1. The van der Waals surface area contributed by atoms with Crippen LogP contribution in [-0.4, -0.2) is 63.8 Å². The number of aryl methyl sites for hydroxylation is 2. The largest absolute Gasteiger partial charge is 0.491 e. The third-order valence-electron chi connectivity index (χ3n) is 5.38. The van der Waals surface area contributed by atoms with Crippen molar-refractivity contribution in [2.45, 2.75) is 20.0 Å². The minimum atomic E-state index is -0.484. The number of halogens is 1. The van der Waals surface area contributed by atoms with Crippen molar-refractivity contribution >= 4 is 5.69 Å². The summed E-state index contributed by atoms with van der Waals surface area (Å²) in [4.78, 5) is 3.63. The highest BCUT2D eigenvalue weighted by atomic mass is 19.1. The van der Waals surface area contributed by atoms with E-state index in [1.165, 1.54) is 17.0 Å². The second-order valence-corrected chi connectivity index (χ2v) is 7.72. The molecule has 1 aliphatic heterocycles. The van der Waals surface area contributed by atoms with Crippen LogP contribution in [0, 0.1) is 19.7 Å². The minimum absolute atomic E-state index is 0.208. The molecule has 0 amide bonds. The third kappa shape index (κ3) is 6.42. The second kappa shape index (κ2) is 10.6. The summed E-state index contributed by atoms with van der Waals surface area (Å²) in [5.74, 6) is 0.709. The summed E-state index contributed by atoms with van der Waals surface area (Å²) in [6.07, 6.45) is -0.484. The van der Waals surface area contributed by atoms with Crippen molar-refractivity contribution in [1.29, 1.82) is 0 Å². The van der Waals surface area contributed by atoms with E-state index in [-0.39, 0.29) is 5.82 Å². The quantitative estimate of drug-likeness (QED) is 0.625. The molecule has 1 atom stereocenters. The van der Waals surface area contributed by atoms with Gasteiger partial charge in [0.25, 0.3) is 0 Å². The van der Waals surface area contributed by atoms with Gasteiger partial charge in [0, 0.05) is 5.69 Å². The zero-order chi connectivity index (χ0) is 20.6. The third-order valence-corrected chi connectivity index (χ3v) is 5.38. The molecule has 2 N–H and O–H groups in total. The van der Waals surface area contributed by atoms with Crippen LogP contribution in [0.15, 0.2) is 42.5 Å². The summed E-state index contributed by atoms with van der Waals surface area (Å²) in [5, 5.41) is 10.3. The Morgan fingerprint density at radius 1 is 1.03 bits per heavy atom. The summed E-state index contributed by atoms with van der Waals surface area (Å²) in [6, 6.07) is 12.7. The maximum Gasteiger partial charge on any atom is 0.126 e. The number of benzene rings is 2. The molecule has 29 heavy (non-hydrogen) atoms. The number of hydrogen-bond donors (Lipinski definition) is 2. The SMILES string of the molecule is Cc1cccc(C)c1OCCOC[C@H](O)C[NH+]1CCN(c2ccc(F)cc2)CC1. The second-order valence-electron chi connectivity index (χ2n) is 7.72. The van der Waals surface area contributed by atoms with E-state index in [1.54, 1.807) is 0 Å². The summed E-state index contributed by atoms with van der Waals surface area (Å²) >= 11 is 0. The predicted molar refractivity (Wildman–Crippen MR) is 112 cm³/mol. The average molecular weight is 404 g/mol. The Labute approximate surface area is 172 Å². The standard InChI is InChI=1S/C23H31FN2O3/c1-18-4-3-5-19(2)23(18)29-15-14-28-17-22(27)16-25-10-12-26(13-11-25)21-8-6-20(24)7-9-21/h3-9,22,27H,10-17H2,1-2H3/p+1/t22-/m1/s1. The lowest BCUT2D eigenvalue weighted by molar-refractivity contribution is -0.903. The van der Waals surface area contributed by atoms with Crippen molar-refractivity contribution in [2.75, 3.05) is 57.4 Å². The number of para-hydroxylation sites is 1. The van der Waals surface area contributed by atoms with E-state index in [9.17, 15) is 9.50 Å². The molecule has 0 aliphatic carbocycles. The molecule has 1 heterocycles. The Hall–Kier alpha value is -2.15. The maximum atomic E-state index is 13.1. The molecule has 158 valence electrons. The van der Waals surface area contributed by atoms with Crippen molar-refractivity contribution in [1.82, 2.24) is 0 Å². The lowest BCUT2D eigenvalue weighted by Gasteiger charge is -2.34. The number of aliphatic hydroxyl groups excluding tert-OH is 1. The van der Waals surface area contributed by atoms with E-state index in [1.807, 2.05) is 44.2 Å². The first kappa shape index (κ1) is 21.6. The van der Waals surface area contributed by atoms with Gasteiger partial charge in [-0.15, -0.1) is 0 Å². The molecule has 1 fully saturated rings. The fourth-order valence-electron chi connectivity index (χ4n) is 3.78. The van der Waals surface area contributed by atoms with Crippen LogP contribution in [0.4, 0.5) is 10.1 Å². The van der Waals surface area contributed by atoms with Crippen LogP contribution in [0.25, 0.3) is 0 Å². The van der Waals surface area contributed by atoms with Gasteiger partial charge in [0.2, 0.25) is 0 Å². The van der Waals surface area contributed by atoms with Crippen LogP contribution in [0.2, 0.25) is 0 Å². The highest BCUT2D eigenvalue weighted by Gasteiger charge is 2.22. The van der Waals surface area contributed by atoms with Gasteiger partial charge in [0.1, 0.15) is 30.8 Å². The lowest BCUT2D eigenvalue weighted by atomic mass is 10.1. The molecule has 2 aromatic rings. The molecule has 0 saturated carbocycles. The number of anilines is 1. The van der Waals surface area contributed by atoms with E-state index in [0.29, 0.717) is 26.4 Å². The first-order chi connectivity index (χ1) is 14.0. The number of aliphatic hydroxyl groups is 1. The number of quaternary nitrogens is 1. The molecule has 0 unspecified atom stereocenters. The molecule has 5 nitrogen and oxygen atoms in total. The molecule has 0 aromatic heterocycles. The number of nitrogens with one attached hydrogen (secondary N) is 1. The normalized spacial score (nSPS) is 16.1. The van der Waals surface area contributed by atoms with Gasteiger partial charge >= 0.3 is 0 Å². The number of rotatable bonds is 9. The van der Waals surface area contributed by atoms with Gasteiger partial charge in [-0.3, -0.25) is 0 Å². The highest BCUT2D eigenvalue weighted by molar-refractivity contribution is 5.46. The Bertz CT molecular complexity index is 741. The molecular formula is C23H32FN2O3+. The van der Waals surface area contributed by atoms with E-state index in [4.69, 9.17) is 9.47 Å².